The first-order valence-electron chi connectivity index (χ1n) is 7.33. The van der Waals surface area contributed by atoms with Gasteiger partial charge in [0, 0.05) is 19.7 Å². The molecule has 2 aromatic carbocycles. The summed E-state index contributed by atoms with van der Waals surface area (Å²) in [4.78, 5) is 2.43. The first-order valence-corrected chi connectivity index (χ1v) is 7.33. The third-order valence-corrected chi connectivity index (χ3v) is 4.10. The molecular formula is C18H21NO. The second-order valence-electron chi connectivity index (χ2n) is 5.64. The van der Waals surface area contributed by atoms with Crippen molar-refractivity contribution in [3.05, 3.63) is 60.2 Å². The van der Waals surface area contributed by atoms with E-state index < -0.39 is 0 Å². The molecule has 1 atom stereocenters. The quantitative estimate of drug-likeness (QED) is 0.919. The van der Waals surface area contributed by atoms with Crippen LogP contribution in [0.25, 0.3) is 11.1 Å². The largest absolute Gasteiger partial charge is 0.396 e. The Kier molecular flexibility index (Phi) is 4.14. The van der Waals surface area contributed by atoms with Crippen molar-refractivity contribution in [1.29, 1.82) is 0 Å². The van der Waals surface area contributed by atoms with E-state index in [9.17, 15) is 5.11 Å². The summed E-state index contributed by atoms with van der Waals surface area (Å²) < 4.78 is 0. The molecule has 0 amide bonds. The third kappa shape index (κ3) is 3.09. The fourth-order valence-electron chi connectivity index (χ4n) is 2.90. The van der Waals surface area contributed by atoms with Crippen molar-refractivity contribution in [3.63, 3.8) is 0 Å². The molecule has 2 nitrogen and oxygen atoms in total. The summed E-state index contributed by atoms with van der Waals surface area (Å²) in [7, 11) is 0. The summed E-state index contributed by atoms with van der Waals surface area (Å²) in [6.07, 6.45) is 1.12. The molecule has 0 aliphatic carbocycles. The van der Waals surface area contributed by atoms with Gasteiger partial charge in [-0.3, -0.25) is 4.90 Å². The zero-order valence-corrected chi connectivity index (χ0v) is 11.7. The zero-order chi connectivity index (χ0) is 13.8. The van der Waals surface area contributed by atoms with Crippen molar-refractivity contribution in [2.24, 2.45) is 5.92 Å². The highest BCUT2D eigenvalue weighted by molar-refractivity contribution is 5.63. The van der Waals surface area contributed by atoms with Crippen LogP contribution < -0.4 is 0 Å². The van der Waals surface area contributed by atoms with E-state index in [4.69, 9.17) is 0 Å². The van der Waals surface area contributed by atoms with Gasteiger partial charge >= 0.3 is 0 Å². The second kappa shape index (κ2) is 6.21. The van der Waals surface area contributed by atoms with Crippen LogP contribution in [0.1, 0.15) is 12.0 Å². The van der Waals surface area contributed by atoms with Crippen molar-refractivity contribution < 1.29 is 5.11 Å². The van der Waals surface area contributed by atoms with Crippen molar-refractivity contribution in [2.45, 2.75) is 13.0 Å². The van der Waals surface area contributed by atoms with Crippen molar-refractivity contribution in [2.75, 3.05) is 19.7 Å². The molecule has 0 aromatic heterocycles. The van der Waals surface area contributed by atoms with Crippen LogP contribution >= 0.6 is 0 Å². The van der Waals surface area contributed by atoms with Gasteiger partial charge in [-0.1, -0.05) is 54.6 Å². The lowest BCUT2D eigenvalue weighted by molar-refractivity contribution is 0.220. The van der Waals surface area contributed by atoms with Crippen LogP contribution in [0.4, 0.5) is 0 Å². The maximum atomic E-state index is 9.19. The monoisotopic (exact) mass is 267 g/mol. The van der Waals surface area contributed by atoms with Gasteiger partial charge in [-0.25, -0.2) is 0 Å². The average Bonchev–Trinajstić information content (AvgIpc) is 2.97. The molecule has 1 saturated heterocycles. The van der Waals surface area contributed by atoms with Crippen LogP contribution in [0.2, 0.25) is 0 Å². The molecule has 0 bridgehead atoms. The molecule has 1 aliphatic rings. The first-order chi connectivity index (χ1) is 9.85. The Morgan fingerprint density at radius 1 is 0.950 bits per heavy atom. The van der Waals surface area contributed by atoms with Crippen LogP contribution in [0, 0.1) is 5.92 Å². The molecule has 1 aliphatic heterocycles. The van der Waals surface area contributed by atoms with E-state index in [0.717, 1.165) is 26.1 Å². The molecule has 1 fully saturated rings. The van der Waals surface area contributed by atoms with Gasteiger partial charge in [0.2, 0.25) is 0 Å². The number of benzene rings is 2. The zero-order valence-electron chi connectivity index (χ0n) is 11.7. The summed E-state index contributed by atoms with van der Waals surface area (Å²) in [5.74, 6) is 0.471. The molecule has 2 heteroatoms. The predicted molar refractivity (Wildman–Crippen MR) is 82.3 cm³/mol. The average molecular weight is 267 g/mol. The van der Waals surface area contributed by atoms with Gasteiger partial charge < -0.3 is 5.11 Å². The molecule has 0 spiro atoms. The molecule has 0 saturated carbocycles. The summed E-state index contributed by atoms with van der Waals surface area (Å²) in [5.41, 5.74) is 3.88. The van der Waals surface area contributed by atoms with Crippen LogP contribution in [0.15, 0.2) is 54.6 Å². The number of aliphatic hydroxyl groups is 1. The minimum Gasteiger partial charge on any atom is -0.396 e. The van der Waals surface area contributed by atoms with Gasteiger partial charge in [-0.05, 0) is 35.6 Å². The van der Waals surface area contributed by atoms with Gasteiger partial charge in [0.05, 0.1) is 0 Å². The molecule has 1 unspecified atom stereocenters. The van der Waals surface area contributed by atoms with Gasteiger partial charge in [0.25, 0.3) is 0 Å². The highest BCUT2D eigenvalue weighted by Crippen LogP contribution is 2.22. The Morgan fingerprint density at radius 2 is 1.65 bits per heavy atom. The summed E-state index contributed by atoms with van der Waals surface area (Å²) in [5, 5.41) is 9.19. The highest BCUT2D eigenvalue weighted by atomic mass is 16.3. The van der Waals surface area contributed by atoms with Crippen molar-refractivity contribution in [1.82, 2.24) is 4.90 Å². The highest BCUT2D eigenvalue weighted by Gasteiger charge is 2.21. The SMILES string of the molecule is OCC1CCN(Cc2ccc(-c3ccccc3)cc2)C1. The fourth-order valence-corrected chi connectivity index (χ4v) is 2.90. The van der Waals surface area contributed by atoms with Crippen LogP contribution in [0.3, 0.4) is 0 Å². The van der Waals surface area contributed by atoms with E-state index in [2.05, 4.69) is 53.4 Å². The summed E-state index contributed by atoms with van der Waals surface area (Å²) >= 11 is 0. The Balaban J connectivity index is 1.65. The summed E-state index contributed by atoms with van der Waals surface area (Å²) in [6, 6.07) is 19.3. The lowest BCUT2D eigenvalue weighted by Crippen LogP contribution is -2.20. The summed E-state index contributed by atoms with van der Waals surface area (Å²) in [6.45, 7) is 3.44. The van der Waals surface area contributed by atoms with E-state index >= 15 is 0 Å². The lowest BCUT2D eigenvalue weighted by Gasteiger charge is -2.15. The van der Waals surface area contributed by atoms with Gasteiger partial charge in [0.1, 0.15) is 0 Å². The lowest BCUT2D eigenvalue weighted by atomic mass is 10.0. The van der Waals surface area contributed by atoms with E-state index in [-0.39, 0.29) is 0 Å². The van der Waals surface area contributed by atoms with Crippen LogP contribution in [-0.4, -0.2) is 29.7 Å². The Bertz CT molecular complexity index is 535. The minimum absolute atomic E-state index is 0.323. The molecule has 104 valence electrons. The predicted octanol–water partition coefficient (Wildman–Crippen LogP) is 3.17. The van der Waals surface area contributed by atoms with Gasteiger partial charge in [-0.2, -0.15) is 0 Å². The second-order valence-corrected chi connectivity index (χ2v) is 5.64. The van der Waals surface area contributed by atoms with Gasteiger partial charge in [-0.15, -0.1) is 0 Å². The van der Waals surface area contributed by atoms with E-state index in [1.54, 1.807) is 0 Å². The molecule has 0 radical (unpaired) electrons. The molecule has 2 aromatic rings. The number of nitrogens with zero attached hydrogens (tertiary/aromatic N) is 1. The van der Waals surface area contributed by atoms with Crippen molar-refractivity contribution in [3.8, 4) is 11.1 Å². The molecule has 1 N–H and O–H groups in total. The molecule has 3 rings (SSSR count). The van der Waals surface area contributed by atoms with Crippen LogP contribution in [0.5, 0.6) is 0 Å². The van der Waals surface area contributed by atoms with E-state index in [1.165, 1.54) is 16.7 Å². The Morgan fingerprint density at radius 3 is 2.30 bits per heavy atom. The molecular weight excluding hydrogens is 246 g/mol. The standard InChI is InChI=1S/C18H21NO/c20-14-16-10-11-19(13-16)12-15-6-8-18(9-7-15)17-4-2-1-3-5-17/h1-9,16,20H,10-14H2. The Labute approximate surface area is 120 Å². The van der Waals surface area contributed by atoms with Gasteiger partial charge in [0.15, 0.2) is 0 Å². The maximum Gasteiger partial charge on any atom is 0.0471 e. The number of rotatable bonds is 4. The first kappa shape index (κ1) is 13.3. The minimum atomic E-state index is 0.323. The number of hydrogen-bond donors (Lipinski definition) is 1. The maximum absolute atomic E-state index is 9.19. The molecule has 20 heavy (non-hydrogen) atoms. The van der Waals surface area contributed by atoms with Crippen LogP contribution in [-0.2, 0) is 6.54 Å². The number of hydrogen-bond acceptors (Lipinski definition) is 2. The normalized spacial score (nSPS) is 19.4. The number of likely N-dealkylation sites (tertiary alicyclic amines) is 1. The Hall–Kier alpha value is -1.64. The smallest absolute Gasteiger partial charge is 0.0471 e. The van der Waals surface area contributed by atoms with Crippen molar-refractivity contribution >= 4 is 0 Å². The fraction of sp³-hybridized carbons (Fsp3) is 0.333. The van der Waals surface area contributed by atoms with E-state index in [0.29, 0.717) is 12.5 Å². The molecule has 1 heterocycles. The van der Waals surface area contributed by atoms with E-state index in [1.807, 2.05) is 6.07 Å². The third-order valence-electron chi connectivity index (χ3n) is 4.10. The number of aliphatic hydroxyl groups excluding tert-OH is 1. The topological polar surface area (TPSA) is 23.5 Å².